The third-order valence-corrected chi connectivity index (χ3v) is 3.69. The highest BCUT2D eigenvalue weighted by Gasteiger charge is 2.13. The van der Waals surface area contributed by atoms with Crippen LogP contribution in [0, 0.1) is 18.6 Å². The first-order chi connectivity index (χ1) is 8.58. The van der Waals surface area contributed by atoms with Crippen LogP contribution >= 0.6 is 15.9 Å². The maximum Gasteiger partial charge on any atom is 0.162 e. The normalized spacial score (nSPS) is 12.4. The number of halogens is 3. The number of hydrogen-bond acceptors (Lipinski definition) is 0. The van der Waals surface area contributed by atoms with Crippen molar-refractivity contribution >= 4 is 15.9 Å². The highest BCUT2D eigenvalue weighted by molar-refractivity contribution is 9.09. The Labute approximate surface area is 114 Å². The lowest BCUT2D eigenvalue weighted by Gasteiger charge is -2.12. The van der Waals surface area contributed by atoms with Crippen molar-refractivity contribution in [2.75, 3.05) is 0 Å². The van der Waals surface area contributed by atoms with E-state index in [4.69, 9.17) is 0 Å². The van der Waals surface area contributed by atoms with Gasteiger partial charge in [0.05, 0.1) is 0 Å². The van der Waals surface area contributed by atoms with Crippen LogP contribution in [0.3, 0.4) is 0 Å². The minimum atomic E-state index is -0.795. The fraction of sp³-hybridized carbons (Fsp3) is 0.200. The van der Waals surface area contributed by atoms with Gasteiger partial charge in [-0.2, -0.15) is 0 Å². The number of rotatable bonds is 3. The standard InChI is InChI=1S/C15H13BrF2/c1-10-4-2-5-11(8-10)13(16)9-12-6-3-7-14(17)15(12)18/h2-8,13H,9H2,1H3. The molecule has 1 unspecified atom stereocenters. The first kappa shape index (κ1) is 13.2. The van der Waals surface area contributed by atoms with Crippen LogP contribution in [0.1, 0.15) is 21.5 Å². The third-order valence-electron chi connectivity index (χ3n) is 2.83. The Morgan fingerprint density at radius 2 is 1.83 bits per heavy atom. The number of alkyl halides is 1. The predicted octanol–water partition coefficient (Wildman–Crippen LogP) is 4.95. The summed E-state index contributed by atoms with van der Waals surface area (Å²) < 4.78 is 26.7. The van der Waals surface area contributed by atoms with Gasteiger partial charge in [0.25, 0.3) is 0 Å². The van der Waals surface area contributed by atoms with Crippen molar-refractivity contribution in [2.24, 2.45) is 0 Å². The summed E-state index contributed by atoms with van der Waals surface area (Å²) in [6.45, 7) is 2.01. The summed E-state index contributed by atoms with van der Waals surface area (Å²) in [4.78, 5) is -0.0197. The molecular formula is C15H13BrF2. The highest BCUT2D eigenvalue weighted by Crippen LogP contribution is 2.28. The Morgan fingerprint density at radius 3 is 2.56 bits per heavy atom. The first-order valence-corrected chi connectivity index (χ1v) is 6.63. The first-order valence-electron chi connectivity index (χ1n) is 5.71. The predicted molar refractivity (Wildman–Crippen MR) is 72.9 cm³/mol. The lowest BCUT2D eigenvalue weighted by molar-refractivity contribution is 0.498. The molecule has 0 aliphatic carbocycles. The topological polar surface area (TPSA) is 0 Å². The maximum atomic E-state index is 13.6. The summed E-state index contributed by atoms with van der Waals surface area (Å²) in [5.74, 6) is -1.55. The fourth-order valence-corrected chi connectivity index (χ4v) is 2.52. The fourth-order valence-electron chi connectivity index (χ4n) is 1.88. The minimum Gasteiger partial charge on any atom is -0.204 e. The van der Waals surface area contributed by atoms with E-state index in [1.54, 1.807) is 6.07 Å². The van der Waals surface area contributed by atoms with Gasteiger partial charge in [-0.15, -0.1) is 0 Å². The van der Waals surface area contributed by atoms with Gasteiger partial charge in [-0.1, -0.05) is 57.9 Å². The van der Waals surface area contributed by atoms with Crippen LogP contribution in [0.2, 0.25) is 0 Å². The lowest BCUT2D eigenvalue weighted by atomic mass is 10.0. The molecule has 0 fully saturated rings. The molecule has 0 N–H and O–H groups in total. The number of aryl methyl sites for hydroxylation is 1. The molecule has 0 spiro atoms. The number of hydrogen-bond donors (Lipinski definition) is 0. The quantitative estimate of drug-likeness (QED) is 0.703. The van der Waals surface area contributed by atoms with Crippen LogP contribution in [0.25, 0.3) is 0 Å². The summed E-state index contributed by atoms with van der Waals surface area (Å²) in [6.07, 6.45) is 0.424. The molecule has 2 aromatic rings. The van der Waals surface area contributed by atoms with Crippen LogP contribution < -0.4 is 0 Å². The molecule has 1 atom stereocenters. The van der Waals surface area contributed by atoms with Gasteiger partial charge < -0.3 is 0 Å². The Balaban J connectivity index is 2.21. The lowest BCUT2D eigenvalue weighted by Crippen LogP contribution is -2.00. The minimum absolute atomic E-state index is 0.0197. The summed E-state index contributed by atoms with van der Waals surface area (Å²) >= 11 is 3.53. The summed E-state index contributed by atoms with van der Waals surface area (Å²) in [6, 6.07) is 12.3. The van der Waals surface area contributed by atoms with Gasteiger partial charge in [-0.05, 0) is 30.5 Å². The molecule has 3 heteroatoms. The van der Waals surface area contributed by atoms with E-state index in [1.807, 2.05) is 31.2 Å². The molecule has 18 heavy (non-hydrogen) atoms. The molecule has 0 saturated heterocycles. The summed E-state index contributed by atoms with van der Waals surface area (Å²) in [5, 5.41) is 0. The van der Waals surface area contributed by atoms with Crippen LogP contribution in [-0.4, -0.2) is 0 Å². The summed E-state index contributed by atoms with van der Waals surface area (Å²) in [5.41, 5.74) is 2.61. The van der Waals surface area contributed by atoms with Crippen molar-refractivity contribution < 1.29 is 8.78 Å². The van der Waals surface area contributed by atoms with Crippen LogP contribution in [0.15, 0.2) is 42.5 Å². The Hall–Kier alpha value is -1.22. The van der Waals surface area contributed by atoms with E-state index >= 15 is 0 Å². The highest BCUT2D eigenvalue weighted by atomic mass is 79.9. The van der Waals surface area contributed by atoms with E-state index in [9.17, 15) is 8.78 Å². The zero-order chi connectivity index (χ0) is 13.1. The monoisotopic (exact) mass is 310 g/mol. The van der Waals surface area contributed by atoms with E-state index in [0.717, 1.165) is 17.2 Å². The molecule has 0 saturated carbocycles. The molecule has 0 aliphatic rings. The molecule has 2 rings (SSSR count). The third kappa shape index (κ3) is 2.96. The Morgan fingerprint density at radius 1 is 1.11 bits per heavy atom. The summed E-state index contributed by atoms with van der Waals surface area (Å²) in [7, 11) is 0. The molecule has 0 heterocycles. The molecule has 0 aliphatic heterocycles. The van der Waals surface area contributed by atoms with Gasteiger partial charge in [0, 0.05) is 4.83 Å². The zero-order valence-electron chi connectivity index (χ0n) is 9.96. The van der Waals surface area contributed by atoms with Crippen molar-refractivity contribution in [3.63, 3.8) is 0 Å². The molecule has 94 valence electrons. The Bertz CT molecular complexity index is 552. The maximum absolute atomic E-state index is 13.6. The van der Waals surface area contributed by atoms with Gasteiger partial charge in [0.2, 0.25) is 0 Å². The smallest absolute Gasteiger partial charge is 0.162 e. The second-order valence-corrected chi connectivity index (χ2v) is 5.40. The number of benzene rings is 2. The van der Waals surface area contributed by atoms with Crippen LogP contribution in [0.5, 0.6) is 0 Å². The van der Waals surface area contributed by atoms with Crippen molar-refractivity contribution in [1.29, 1.82) is 0 Å². The van der Waals surface area contributed by atoms with Crippen LogP contribution in [0.4, 0.5) is 8.78 Å². The second kappa shape index (κ2) is 5.61. The van der Waals surface area contributed by atoms with Crippen molar-refractivity contribution in [2.45, 2.75) is 18.2 Å². The van der Waals surface area contributed by atoms with Crippen LogP contribution in [-0.2, 0) is 6.42 Å². The van der Waals surface area contributed by atoms with Gasteiger partial charge in [0.1, 0.15) is 0 Å². The molecule has 0 aromatic heterocycles. The van der Waals surface area contributed by atoms with Gasteiger partial charge in [0.15, 0.2) is 11.6 Å². The molecule has 0 bridgehead atoms. The average Bonchev–Trinajstić information content (AvgIpc) is 2.35. The van der Waals surface area contributed by atoms with E-state index < -0.39 is 11.6 Å². The van der Waals surface area contributed by atoms with Crippen molar-refractivity contribution in [1.82, 2.24) is 0 Å². The largest absolute Gasteiger partial charge is 0.204 e. The second-order valence-electron chi connectivity index (χ2n) is 4.30. The molecule has 2 aromatic carbocycles. The van der Waals surface area contributed by atoms with E-state index in [0.29, 0.717) is 12.0 Å². The van der Waals surface area contributed by atoms with E-state index in [1.165, 1.54) is 6.07 Å². The van der Waals surface area contributed by atoms with Crippen molar-refractivity contribution in [3.8, 4) is 0 Å². The van der Waals surface area contributed by atoms with Gasteiger partial charge in [-0.3, -0.25) is 0 Å². The van der Waals surface area contributed by atoms with Gasteiger partial charge >= 0.3 is 0 Å². The average molecular weight is 311 g/mol. The van der Waals surface area contributed by atoms with Gasteiger partial charge in [-0.25, -0.2) is 8.78 Å². The Kier molecular flexibility index (Phi) is 4.12. The van der Waals surface area contributed by atoms with E-state index in [2.05, 4.69) is 15.9 Å². The molecule has 0 nitrogen and oxygen atoms in total. The molecule has 0 amide bonds. The van der Waals surface area contributed by atoms with E-state index in [-0.39, 0.29) is 4.83 Å². The zero-order valence-corrected chi connectivity index (χ0v) is 11.5. The SMILES string of the molecule is Cc1cccc(C(Br)Cc2cccc(F)c2F)c1. The molecular weight excluding hydrogens is 298 g/mol. The molecule has 0 radical (unpaired) electrons. The van der Waals surface area contributed by atoms with Crippen molar-refractivity contribution in [3.05, 3.63) is 70.8 Å².